The van der Waals surface area contributed by atoms with Gasteiger partial charge >= 0.3 is 0 Å². The van der Waals surface area contributed by atoms with Crippen molar-refractivity contribution in [2.45, 2.75) is 32.7 Å². The van der Waals surface area contributed by atoms with Gasteiger partial charge in [-0.25, -0.2) is 0 Å². The number of nitrogen functional groups attached to an aromatic ring is 1. The van der Waals surface area contributed by atoms with Gasteiger partial charge < -0.3 is 16.2 Å². The minimum Gasteiger partial charge on any atom is -0.505 e. The van der Waals surface area contributed by atoms with E-state index in [1.54, 1.807) is 18.2 Å². The molecule has 0 saturated heterocycles. The fourth-order valence-electron chi connectivity index (χ4n) is 1.55. The number of carbonyl (C=O) groups excluding carboxylic acids is 1. The van der Waals surface area contributed by atoms with E-state index < -0.39 is 0 Å². The second-order valence-electron chi connectivity index (χ2n) is 3.91. The largest absolute Gasteiger partial charge is 0.505 e. The zero-order chi connectivity index (χ0) is 12.1. The van der Waals surface area contributed by atoms with Gasteiger partial charge in [-0.3, -0.25) is 4.79 Å². The van der Waals surface area contributed by atoms with E-state index in [1.807, 2.05) is 6.92 Å². The number of hydrogen-bond acceptors (Lipinski definition) is 3. The van der Waals surface area contributed by atoms with Crippen LogP contribution < -0.4 is 11.1 Å². The number of nitrogens with one attached hydrogen (secondary N) is 1. The molecule has 88 valence electrons. The Bertz CT molecular complexity index is 377. The van der Waals surface area contributed by atoms with Crippen molar-refractivity contribution < 1.29 is 9.90 Å². The van der Waals surface area contributed by atoms with Crippen LogP contribution in [0.4, 0.5) is 5.69 Å². The van der Waals surface area contributed by atoms with Gasteiger partial charge in [0.15, 0.2) is 5.75 Å². The van der Waals surface area contributed by atoms with Crippen molar-refractivity contribution in [3.8, 4) is 5.75 Å². The van der Waals surface area contributed by atoms with E-state index in [0.717, 1.165) is 12.8 Å². The third-order valence-electron chi connectivity index (χ3n) is 2.41. The molecule has 0 aromatic heterocycles. The summed E-state index contributed by atoms with van der Waals surface area (Å²) >= 11 is 0. The lowest BCUT2D eigenvalue weighted by atomic mass is 10.1. The summed E-state index contributed by atoms with van der Waals surface area (Å²) in [7, 11) is 0. The first kappa shape index (κ1) is 12.4. The number of carbonyl (C=O) groups is 1. The Hall–Kier alpha value is -1.71. The molecule has 1 unspecified atom stereocenters. The highest BCUT2D eigenvalue weighted by Crippen LogP contribution is 2.24. The summed E-state index contributed by atoms with van der Waals surface area (Å²) in [6, 6.07) is 4.86. The second kappa shape index (κ2) is 5.39. The zero-order valence-corrected chi connectivity index (χ0v) is 9.66. The molecule has 0 fully saturated rings. The highest BCUT2D eigenvalue weighted by Gasteiger charge is 2.14. The summed E-state index contributed by atoms with van der Waals surface area (Å²) in [4.78, 5) is 11.8. The zero-order valence-electron chi connectivity index (χ0n) is 9.66. The monoisotopic (exact) mass is 222 g/mol. The van der Waals surface area contributed by atoms with E-state index in [1.165, 1.54) is 0 Å². The number of phenols is 1. The highest BCUT2D eigenvalue weighted by atomic mass is 16.3. The van der Waals surface area contributed by atoms with Crippen LogP contribution >= 0.6 is 0 Å². The fourth-order valence-corrected chi connectivity index (χ4v) is 1.55. The molecule has 4 N–H and O–H groups in total. The Morgan fingerprint density at radius 3 is 2.88 bits per heavy atom. The second-order valence-corrected chi connectivity index (χ2v) is 3.91. The predicted molar refractivity (Wildman–Crippen MR) is 64.4 cm³/mol. The van der Waals surface area contributed by atoms with E-state index in [2.05, 4.69) is 12.2 Å². The fraction of sp³-hybridized carbons (Fsp3) is 0.417. The molecule has 0 bridgehead atoms. The van der Waals surface area contributed by atoms with Crippen LogP contribution in [-0.4, -0.2) is 17.1 Å². The van der Waals surface area contributed by atoms with Gasteiger partial charge in [-0.1, -0.05) is 19.4 Å². The first-order valence-electron chi connectivity index (χ1n) is 5.44. The predicted octanol–water partition coefficient (Wildman–Crippen LogP) is 1.89. The van der Waals surface area contributed by atoms with Gasteiger partial charge in [-0.2, -0.15) is 0 Å². The first-order chi connectivity index (χ1) is 7.56. The first-order valence-corrected chi connectivity index (χ1v) is 5.44. The van der Waals surface area contributed by atoms with Crippen LogP contribution in [0.2, 0.25) is 0 Å². The number of nitrogens with two attached hydrogens (primary N) is 1. The number of phenolic OH excluding ortho intramolecular Hbond substituents is 1. The molecule has 0 aliphatic heterocycles. The van der Waals surface area contributed by atoms with Gasteiger partial charge in [-0.15, -0.1) is 0 Å². The molecule has 0 heterocycles. The number of aromatic hydroxyl groups is 1. The van der Waals surface area contributed by atoms with Crippen LogP contribution in [0.25, 0.3) is 0 Å². The molecule has 1 atom stereocenters. The van der Waals surface area contributed by atoms with Crippen molar-refractivity contribution in [3.05, 3.63) is 23.8 Å². The number of rotatable bonds is 4. The van der Waals surface area contributed by atoms with Crippen molar-refractivity contribution in [1.82, 2.24) is 5.32 Å². The van der Waals surface area contributed by atoms with Crippen LogP contribution in [0.3, 0.4) is 0 Å². The molecular formula is C12H18N2O2. The van der Waals surface area contributed by atoms with E-state index in [-0.39, 0.29) is 28.9 Å². The number of para-hydroxylation sites is 1. The molecule has 0 spiro atoms. The van der Waals surface area contributed by atoms with Crippen LogP contribution in [0.1, 0.15) is 37.0 Å². The van der Waals surface area contributed by atoms with E-state index >= 15 is 0 Å². The van der Waals surface area contributed by atoms with E-state index in [0.29, 0.717) is 0 Å². The van der Waals surface area contributed by atoms with Crippen molar-refractivity contribution >= 4 is 11.6 Å². The summed E-state index contributed by atoms with van der Waals surface area (Å²) < 4.78 is 0. The van der Waals surface area contributed by atoms with Crippen molar-refractivity contribution in [2.75, 3.05) is 5.73 Å². The normalized spacial score (nSPS) is 12.1. The quantitative estimate of drug-likeness (QED) is 0.538. The lowest BCUT2D eigenvalue weighted by molar-refractivity contribution is 0.0935. The Morgan fingerprint density at radius 2 is 2.25 bits per heavy atom. The molecule has 0 aliphatic carbocycles. The van der Waals surface area contributed by atoms with Crippen LogP contribution in [-0.2, 0) is 0 Å². The maximum Gasteiger partial charge on any atom is 0.255 e. The van der Waals surface area contributed by atoms with Gasteiger partial charge in [0.25, 0.3) is 5.91 Å². The Labute approximate surface area is 95.5 Å². The van der Waals surface area contributed by atoms with Gasteiger partial charge in [0, 0.05) is 6.04 Å². The Balaban J connectivity index is 2.77. The molecule has 1 aromatic carbocycles. The number of amides is 1. The van der Waals surface area contributed by atoms with Gasteiger partial charge in [0.05, 0.1) is 11.3 Å². The van der Waals surface area contributed by atoms with Gasteiger partial charge in [-0.05, 0) is 25.5 Å². The van der Waals surface area contributed by atoms with Gasteiger partial charge in [0.1, 0.15) is 0 Å². The number of anilines is 1. The van der Waals surface area contributed by atoms with E-state index in [9.17, 15) is 9.90 Å². The molecule has 0 saturated carbocycles. The molecule has 1 aromatic rings. The maximum atomic E-state index is 11.8. The molecular weight excluding hydrogens is 204 g/mol. The van der Waals surface area contributed by atoms with E-state index in [4.69, 9.17) is 5.73 Å². The van der Waals surface area contributed by atoms with Crippen LogP contribution in [0.5, 0.6) is 5.75 Å². The average molecular weight is 222 g/mol. The molecule has 0 radical (unpaired) electrons. The topological polar surface area (TPSA) is 75.4 Å². The highest BCUT2D eigenvalue weighted by molar-refractivity contribution is 5.98. The summed E-state index contributed by atoms with van der Waals surface area (Å²) in [6.45, 7) is 3.99. The van der Waals surface area contributed by atoms with Crippen molar-refractivity contribution in [3.63, 3.8) is 0 Å². The summed E-state index contributed by atoms with van der Waals surface area (Å²) in [5.41, 5.74) is 5.96. The molecule has 1 amide bonds. The lowest BCUT2D eigenvalue weighted by Gasteiger charge is -2.13. The van der Waals surface area contributed by atoms with Crippen molar-refractivity contribution in [1.29, 1.82) is 0 Å². The SMILES string of the molecule is CCCC(C)NC(=O)c1cccc(N)c1O. The Morgan fingerprint density at radius 1 is 1.56 bits per heavy atom. The van der Waals surface area contributed by atoms with Crippen LogP contribution in [0, 0.1) is 0 Å². The molecule has 16 heavy (non-hydrogen) atoms. The minimum absolute atomic E-state index is 0.0957. The summed E-state index contributed by atoms with van der Waals surface area (Å²) in [5, 5.41) is 12.4. The van der Waals surface area contributed by atoms with Crippen molar-refractivity contribution in [2.24, 2.45) is 0 Å². The third-order valence-corrected chi connectivity index (χ3v) is 2.41. The lowest BCUT2D eigenvalue weighted by Crippen LogP contribution is -2.32. The Kier molecular flexibility index (Phi) is 4.17. The number of benzene rings is 1. The molecule has 4 nitrogen and oxygen atoms in total. The average Bonchev–Trinajstić information content (AvgIpc) is 2.22. The summed E-state index contributed by atoms with van der Waals surface area (Å²) in [5.74, 6) is -0.436. The standard InChI is InChI=1S/C12H18N2O2/c1-3-5-8(2)14-12(16)9-6-4-7-10(13)11(9)15/h4,6-8,15H,3,5,13H2,1-2H3,(H,14,16). The summed E-state index contributed by atoms with van der Waals surface area (Å²) in [6.07, 6.45) is 1.92. The maximum absolute atomic E-state index is 11.8. The molecule has 0 aliphatic rings. The molecule has 1 rings (SSSR count). The number of hydrogen-bond donors (Lipinski definition) is 3. The smallest absolute Gasteiger partial charge is 0.255 e. The third kappa shape index (κ3) is 2.89. The molecule has 4 heteroatoms. The van der Waals surface area contributed by atoms with Crippen LogP contribution in [0.15, 0.2) is 18.2 Å². The van der Waals surface area contributed by atoms with Gasteiger partial charge in [0.2, 0.25) is 0 Å². The minimum atomic E-state index is -0.286.